The molecule has 152 valence electrons. The van der Waals surface area contributed by atoms with Crippen molar-refractivity contribution in [3.8, 4) is 6.07 Å². The van der Waals surface area contributed by atoms with E-state index in [1.807, 2.05) is 24.3 Å². The number of aldehydes is 1. The van der Waals surface area contributed by atoms with Gasteiger partial charge < -0.3 is 15.2 Å². The average Bonchev–Trinajstić information content (AvgIpc) is 3.57. The van der Waals surface area contributed by atoms with Gasteiger partial charge in [-0.15, -0.1) is 0 Å². The lowest BCUT2D eigenvalue weighted by molar-refractivity contribution is 0.111. The number of nitriles is 1. The molecule has 0 aliphatic heterocycles. The number of pyridine rings is 2. The number of carbonyl (C=O) groups is 1. The van der Waals surface area contributed by atoms with Gasteiger partial charge >= 0.3 is 0 Å². The molecule has 1 saturated carbocycles. The molecule has 2 heterocycles. The van der Waals surface area contributed by atoms with E-state index in [0.717, 1.165) is 16.6 Å². The summed E-state index contributed by atoms with van der Waals surface area (Å²) in [6.45, 7) is 2.13. The predicted molar refractivity (Wildman–Crippen MR) is 118 cm³/mol. The van der Waals surface area contributed by atoms with E-state index in [-0.39, 0.29) is 28.0 Å². The summed E-state index contributed by atoms with van der Waals surface area (Å²) in [4.78, 5) is 27.4. The predicted octanol–water partition coefficient (Wildman–Crippen LogP) is 4.23. The van der Waals surface area contributed by atoms with Crippen molar-refractivity contribution < 1.29 is 4.79 Å². The molecule has 2 N–H and O–H groups in total. The molecule has 1 atom stereocenters. The minimum absolute atomic E-state index is 0.0339. The van der Waals surface area contributed by atoms with Crippen LogP contribution in [0.5, 0.6) is 0 Å². The zero-order chi connectivity index (χ0) is 21.4. The summed E-state index contributed by atoms with van der Waals surface area (Å²) < 4.78 is 1.60. The molecule has 0 saturated heterocycles. The van der Waals surface area contributed by atoms with Crippen LogP contribution in [0.1, 0.15) is 35.8 Å². The molecule has 1 aliphatic carbocycles. The maximum atomic E-state index is 12.4. The molecule has 0 bridgehead atoms. The minimum atomic E-state index is -0.0861. The van der Waals surface area contributed by atoms with Gasteiger partial charge in [0.2, 0.25) is 0 Å². The van der Waals surface area contributed by atoms with Crippen LogP contribution >= 0.6 is 11.6 Å². The second-order valence-electron chi connectivity index (χ2n) is 7.57. The van der Waals surface area contributed by atoms with Crippen molar-refractivity contribution in [2.45, 2.75) is 25.8 Å². The van der Waals surface area contributed by atoms with Crippen molar-refractivity contribution in [3.63, 3.8) is 0 Å². The van der Waals surface area contributed by atoms with Crippen LogP contribution in [0.2, 0.25) is 5.15 Å². The number of hydrogen-bond acceptors (Lipinski definition) is 6. The number of nitrogens with zero attached hydrogens (tertiary/aromatic N) is 3. The van der Waals surface area contributed by atoms with Crippen LogP contribution in [0.15, 0.2) is 35.1 Å². The van der Waals surface area contributed by atoms with Crippen LogP contribution in [-0.4, -0.2) is 21.9 Å². The summed E-state index contributed by atoms with van der Waals surface area (Å²) in [5.74, 6) is 0.629. The molecule has 30 heavy (non-hydrogen) atoms. The standard InChI is InChI=1S/C22H20ClN5O2/c1-12(13-3-4-13)25-19-9-21(30)28(2)20-6-5-14(7-16(19)20)26-18-8-15(11-29)27-22(23)17(18)10-24/h5-9,11-13,25H,3-4H2,1-2H3,(H,26,27). The van der Waals surface area contributed by atoms with Crippen LogP contribution in [0.25, 0.3) is 10.9 Å². The first-order chi connectivity index (χ1) is 14.4. The van der Waals surface area contributed by atoms with Gasteiger partial charge in [-0.2, -0.15) is 5.26 Å². The fourth-order valence-corrected chi connectivity index (χ4v) is 3.81. The number of fused-ring (bicyclic) bond motifs is 1. The van der Waals surface area contributed by atoms with Gasteiger partial charge in [0.15, 0.2) is 6.29 Å². The Morgan fingerprint density at radius 1 is 1.30 bits per heavy atom. The topological polar surface area (TPSA) is 99.8 Å². The Kier molecular flexibility index (Phi) is 5.18. The number of aromatic nitrogens is 2. The zero-order valence-electron chi connectivity index (χ0n) is 16.6. The summed E-state index contributed by atoms with van der Waals surface area (Å²) in [6.07, 6.45) is 2.97. The van der Waals surface area contributed by atoms with E-state index in [0.29, 0.717) is 23.6 Å². The average molecular weight is 422 g/mol. The van der Waals surface area contributed by atoms with E-state index in [1.165, 1.54) is 18.9 Å². The fourth-order valence-electron chi connectivity index (χ4n) is 3.57. The molecule has 3 aromatic rings. The number of benzene rings is 1. The molecule has 1 unspecified atom stereocenters. The second-order valence-corrected chi connectivity index (χ2v) is 7.93. The SMILES string of the molecule is CC(Nc1cc(=O)n(C)c2ccc(Nc3cc(C=O)nc(Cl)c3C#N)cc12)C1CC1. The highest BCUT2D eigenvalue weighted by Crippen LogP contribution is 2.35. The first-order valence-corrected chi connectivity index (χ1v) is 10.0. The van der Waals surface area contributed by atoms with E-state index in [4.69, 9.17) is 11.6 Å². The van der Waals surface area contributed by atoms with E-state index in [1.54, 1.807) is 17.7 Å². The van der Waals surface area contributed by atoms with Gasteiger partial charge in [-0.25, -0.2) is 4.98 Å². The first-order valence-electron chi connectivity index (χ1n) is 9.64. The summed E-state index contributed by atoms with van der Waals surface area (Å²) >= 11 is 6.05. The fraction of sp³-hybridized carbons (Fsp3) is 0.273. The molecular formula is C22H20ClN5O2. The molecule has 7 nitrogen and oxygen atoms in total. The number of anilines is 3. The number of carbonyl (C=O) groups excluding carboxylic acids is 1. The third-order valence-corrected chi connectivity index (χ3v) is 5.74. The molecule has 0 radical (unpaired) electrons. The summed E-state index contributed by atoms with van der Waals surface area (Å²) in [5.41, 5.74) is 2.85. The largest absolute Gasteiger partial charge is 0.382 e. The van der Waals surface area contributed by atoms with Crippen LogP contribution in [0.3, 0.4) is 0 Å². The van der Waals surface area contributed by atoms with Gasteiger partial charge in [-0.3, -0.25) is 9.59 Å². The number of rotatable bonds is 6. The van der Waals surface area contributed by atoms with Crippen LogP contribution in [0.4, 0.5) is 17.1 Å². The number of hydrogen-bond donors (Lipinski definition) is 2. The van der Waals surface area contributed by atoms with E-state index in [2.05, 4.69) is 22.5 Å². The molecule has 8 heteroatoms. The van der Waals surface area contributed by atoms with Crippen LogP contribution in [0, 0.1) is 17.2 Å². The highest BCUT2D eigenvalue weighted by Gasteiger charge is 2.28. The molecule has 2 aromatic heterocycles. The highest BCUT2D eigenvalue weighted by molar-refractivity contribution is 6.31. The Labute approximate surface area is 178 Å². The molecular weight excluding hydrogens is 402 g/mol. The van der Waals surface area contributed by atoms with Crippen molar-refractivity contribution in [2.75, 3.05) is 10.6 Å². The zero-order valence-corrected chi connectivity index (χ0v) is 17.3. The Bertz CT molecular complexity index is 1260. The van der Waals surface area contributed by atoms with Crippen molar-refractivity contribution in [1.82, 2.24) is 9.55 Å². The summed E-state index contributed by atoms with van der Waals surface area (Å²) in [6, 6.07) is 11.0. The van der Waals surface area contributed by atoms with E-state index >= 15 is 0 Å². The molecule has 0 amide bonds. The van der Waals surface area contributed by atoms with Gasteiger partial charge in [0.25, 0.3) is 5.56 Å². The summed E-state index contributed by atoms with van der Waals surface area (Å²) in [5, 5.41) is 16.9. The molecule has 1 fully saturated rings. The van der Waals surface area contributed by atoms with Crippen molar-refractivity contribution >= 4 is 45.9 Å². The van der Waals surface area contributed by atoms with Crippen molar-refractivity contribution in [1.29, 1.82) is 5.26 Å². The molecule has 1 aromatic carbocycles. The lowest BCUT2D eigenvalue weighted by atomic mass is 10.1. The normalized spacial score (nSPS) is 14.2. The van der Waals surface area contributed by atoms with Crippen molar-refractivity contribution in [3.05, 3.63) is 57.1 Å². The highest BCUT2D eigenvalue weighted by atomic mass is 35.5. The number of aryl methyl sites for hydroxylation is 1. The van der Waals surface area contributed by atoms with Gasteiger partial charge in [-0.1, -0.05) is 11.6 Å². The molecule has 1 aliphatic rings. The minimum Gasteiger partial charge on any atom is -0.382 e. The molecule has 0 spiro atoms. The first kappa shape index (κ1) is 19.9. The second kappa shape index (κ2) is 7.81. The molecule has 4 rings (SSSR count). The maximum absolute atomic E-state index is 12.4. The summed E-state index contributed by atoms with van der Waals surface area (Å²) in [7, 11) is 1.73. The Morgan fingerprint density at radius 3 is 2.73 bits per heavy atom. The van der Waals surface area contributed by atoms with Crippen LogP contribution < -0.4 is 16.2 Å². The number of halogens is 1. The lowest BCUT2D eigenvalue weighted by Crippen LogP contribution is -2.22. The Morgan fingerprint density at radius 2 is 2.07 bits per heavy atom. The lowest BCUT2D eigenvalue weighted by Gasteiger charge is -2.18. The smallest absolute Gasteiger partial charge is 0.252 e. The van der Waals surface area contributed by atoms with Gasteiger partial charge in [0, 0.05) is 35.9 Å². The maximum Gasteiger partial charge on any atom is 0.252 e. The van der Waals surface area contributed by atoms with Gasteiger partial charge in [0.1, 0.15) is 22.5 Å². The van der Waals surface area contributed by atoms with E-state index < -0.39 is 0 Å². The quantitative estimate of drug-likeness (QED) is 0.456. The van der Waals surface area contributed by atoms with Crippen LogP contribution in [-0.2, 0) is 7.05 Å². The third-order valence-electron chi connectivity index (χ3n) is 5.47. The Hall–Kier alpha value is -3.37. The van der Waals surface area contributed by atoms with Crippen molar-refractivity contribution in [2.24, 2.45) is 13.0 Å². The Balaban J connectivity index is 1.79. The monoisotopic (exact) mass is 421 g/mol. The third kappa shape index (κ3) is 3.74. The van der Waals surface area contributed by atoms with Gasteiger partial charge in [0.05, 0.1) is 11.2 Å². The number of nitrogens with one attached hydrogen (secondary N) is 2. The van der Waals surface area contributed by atoms with E-state index in [9.17, 15) is 14.9 Å². The van der Waals surface area contributed by atoms with Gasteiger partial charge in [-0.05, 0) is 49.9 Å².